The first-order chi connectivity index (χ1) is 11.8. The van der Waals surface area contributed by atoms with Crippen molar-refractivity contribution in [3.8, 4) is 0 Å². The molecule has 25 heavy (non-hydrogen) atoms. The van der Waals surface area contributed by atoms with E-state index in [1.165, 1.54) is 4.57 Å². The number of thiocarbonyl (C=S) groups is 1. The minimum atomic E-state index is -0.487. The molecule has 1 aromatic rings. The summed E-state index contributed by atoms with van der Waals surface area (Å²) in [6, 6.07) is 0.375. The predicted octanol–water partition coefficient (Wildman–Crippen LogP) is 1.81. The summed E-state index contributed by atoms with van der Waals surface area (Å²) in [4.78, 5) is 28.8. The van der Waals surface area contributed by atoms with Crippen molar-refractivity contribution >= 4 is 28.8 Å². The third kappa shape index (κ3) is 5.07. The van der Waals surface area contributed by atoms with Gasteiger partial charge in [-0.05, 0) is 43.8 Å². The first kappa shape index (κ1) is 19.5. The van der Waals surface area contributed by atoms with Crippen molar-refractivity contribution in [3.63, 3.8) is 0 Å². The molecule has 4 N–H and O–H groups in total. The van der Waals surface area contributed by atoms with Crippen LogP contribution in [0, 0.1) is 5.92 Å². The van der Waals surface area contributed by atoms with E-state index in [0.29, 0.717) is 30.2 Å². The van der Waals surface area contributed by atoms with Gasteiger partial charge in [0.1, 0.15) is 5.82 Å². The highest BCUT2D eigenvalue weighted by Gasteiger charge is 2.27. The molecule has 1 saturated carbocycles. The van der Waals surface area contributed by atoms with Gasteiger partial charge in [0.2, 0.25) is 0 Å². The SMILES string of the molecule is CCCCn1c(N)c(N(CCC(C)C)C(=S)NC2CC2)c(=O)[nH]c1=O. The Labute approximate surface area is 153 Å². The maximum absolute atomic E-state index is 12.5. The van der Waals surface area contributed by atoms with Gasteiger partial charge in [0.25, 0.3) is 5.56 Å². The number of hydrogen-bond acceptors (Lipinski definition) is 4. The molecule has 0 bridgehead atoms. The molecule has 0 saturated heterocycles. The Balaban J connectivity index is 2.41. The van der Waals surface area contributed by atoms with E-state index in [1.807, 2.05) is 6.92 Å². The Bertz CT molecular complexity index is 721. The van der Waals surface area contributed by atoms with Crippen LogP contribution < -0.4 is 27.2 Å². The first-order valence-electron chi connectivity index (χ1n) is 9.05. The summed E-state index contributed by atoms with van der Waals surface area (Å²) in [5.41, 5.74) is 5.55. The van der Waals surface area contributed by atoms with Crippen LogP contribution in [0.1, 0.15) is 52.9 Å². The van der Waals surface area contributed by atoms with Crippen LogP contribution in [0.4, 0.5) is 11.5 Å². The van der Waals surface area contributed by atoms with Gasteiger partial charge in [0, 0.05) is 19.1 Å². The number of nitrogens with one attached hydrogen (secondary N) is 2. The summed E-state index contributed by atoms with van der Waals surface area (Å²) in [6.07, 6.45) is 4.77. The first-order valence-corrected chi connectivity index (χ1v) is 9.46. The van der Waals surface area contributed by atoms with Crippen molar-refractivity contribution in [1.29, 1.82) is 0 Å². The van der Waals surface area contributed by atoms with Crippen LogP contribution in [0.25, 0.3) is 0 Å². The molecule has 140 valence electrons. The summed E-state index contributed by atoms with van der Waals surface area (Å²) in [5.74, 6) is 0.642. The molecule has 0 aromatic carbocycles. The quantitative estimate of drug-likeness (QED) is 0.607. The molecule has 0 unspecified atom stereocenters. The number of nitrogen functional groups attached to an aromatic ring is 1. The van der Waals surface area contributed by atoms with Gasteiger partial charge in [-0.25, -0.2) is 4.79 Å². The summed E-state index contributed by atoms with van der Waals surface area (Å²) in [7, 11) is 0. The summed E-state index contributed by atoms with van der Waals surface area (Å²) < 4.78 is 1.43. The topological polar surface area (TPSA) is 96.2 Å². The molecule has 0 radical (unpaired) electrons. The molecule has 1 heterocycles. The number of rotatable bonds is 8. The molecule has 1 fully saturated rings. The largest absolute Gasteiger partial charge is 0.383 e. The minimum absolute atomic E-state index is 0.186. The van der Waals surface area contributed by atoms with Gasteiger partial charge in [0.15, 0.2) is 10.8 Å². The van der Waals surface area contributed by atoms with E-state index in [0.717, 1.165) is 32.1 Å². The summed E-state index contributed by atoms with van der Waals surface area (Å²) >= 11 is 5.53. The molecule has 1 aliphatic rings. The Morgan fingerprint density at radius 3 is 2.68 bits per heavy atom. The number of aromatic nitrogens is 2. The third-order valence-electron chi connectivity index (χ3n) is 4.30. The highest BCUT2D eigenvalue weighted by molar-refractivity contribution is 7.80. The van der Waals surface area contributed by atoms with Crippen molar-refractivity contribution in [2.24, 2.45) is 5.92 Å². The van der Waals surface area contributed by atoms with Crippen molar-refractivity contribution in [2.75, 3.05) is 17.2 Å². The average Bonchev–Trinajstić information content (AvgIpc) is 3.33. The van der Waals surface area contributed by atoms with Gasteiger partial charge < -0.3 is 16.0 Å². The van der Waals surface area contributed by atoms with E-state index >= 15 is 0 Å². The normalized spacial score (nSPS) is 13.9. The molecule has 8 heteroatoms. The van der Waals surface area contributed by atoms with Crippen LogP contribution in [0.15, 0.2) is 9.59 Å². The molecule has 1 aliphatic carbocycles. The number of aromatic amines is 1. The standard InChI is InChI=1S/C17H29N5O2S/c1-4-5-9-22-14(18)13(15(23)20-16(22)24)21(10-8-11(2)3)17(25)19-12-6-7-12/h11-12H,4-10,18H2,1-3H3,(H,19,25)(H,20,23,24). The zero-order valence-electron chi connectivity index (χ0n) is 15.3. The Hall–Kier alpha value is -1.83. The predicted molar refractivity (Wildman–Crippen MR) is 106 cm³/mol. The lowest BCUT2D eigenvalue weighted by molar-refractivity contribution is 0.586. The molecule has 0 aliphatic heterocycles. The highest BCUT2D eigenvalue weighted by Crippen LogP contribution is 2.22. The van der Waals surface area contributed by atoms with Gasteiger partial charge >= 0.3 is 5.69 Å². The van der Waals surface area contributed by atoms with Crippen molar-refractivity contribution in [2.45, 2.75) is 65.5 Å². The fraction of sp³-hybridized carbons (Fsp3) is 0.706. The van der Waals surface area contributed by atoms with Crippen LogP contribution >= 0.6 is 12.2 Å². The van der Waals surface area contributed by atoms with Crippen molar-refractivity contribution in [1.82, 2.24) is 14.9 Å². The van der Waals surface area contributed by atoms with E-state index < -0.39 is 11.2 Å². The number of H-pyrrole nitrogens is 1. The number of nitrogens with two attached hydrogens (primary N) is 1. The van der Waals surface area contributed by atoms with Gasteiger partial charge in [-0.2, -0.15) is 0 Å². The van der Waals surface area contributed by atoms with Gasteiger partial charge in [-0.1, -0.05) is 27.2 Å². The van der Waals surface area contributed by atoms with Gasteiger partial charge in [0.05, 0.1) is 0 Å². The molecular weight excluding hydrogens is 338 g/mol. The number of anilines is 2. The monoisotopic (exact) mass is 367 g/mol. The van der Waals surface area contributed by atoms with E-state index in [9.17, 15) is 9.59 Å². The summed E-state index contributed by atoms with van der Waals surface area (Å²) in [5, 5.41) is 3.77. The second kappa shape index (κ2) is 8.51. The third-order valence-corrected chi connectivity index (χ3v) is 4.64. The zero-order valence-corrected chi connectivity index (χ0v) is 16.1. The van der Waals surface area contributed by atoms with E-state index in [4.69, 9.17) is 18.0 Å². The van der Waals surface area contributed by atoms with E-state index in [-0.39, 0.29) is 11.5 Å². The average molecular weight is 368 g/mol. The smallest absolute Gasteiger partial charge is 0.330 e. The number of hydrogen-bond donors (Lipinski definition) is 3. The molecule has 0 spiro atoms. The maximum atomic E-state index is 12.5. The second-order valence-corrected chi connectivity index (χ2v) is 7.44. The fourth-order valence-electron chi connectivity index (χ4n) is 2.56. The van der Waals surface area contributed by atoms with Crippen molar-refractivity contribution in [3.05, 3.63) is 20.8 Å². The van der Waals surface area contributed by atoms with Crippen LogP contribution in [0.5, 0.6) is 0 Å². The lowest BCUT2D eigenvalue weighted by Crippen LogP contribution is -2.46. The van der Waals surface area contributed by atoms with Crippen molar-refractivity contribution < 1.29 is 0 Å². The van der Waals surface area contributed by atoms with Crippen LogP contribution in [-0.4, -0.2) is 27.3 Å². The molecule has 0 atom stereocenters. The van der Waals surface area contributed by atoms with Gasteiger partial charge in [-0.15, -0.1) is 0 Å². The lowest BCUT2D eigenvalue weighted by Gasteiger charge is -2.27. The molecule has 7 nitrogen and oxygen atoms in total. The lowest BCUT2D eigenvalue weighted by atomic mass is 10.1. The molecular formula is C17H29N5O2S. The van der Waals surface area contributed by atoms with E-state index in [2.05, 4.69) is 24.1 Å². The molecule has 1 aromatic heterocycles. The number of nitrogens with zero attached hydrogens (tertiary/aromatic N) is 2. The van der Waals surface area contributed by atoms with Crippen LogP contribution in [0.2, 0.25) is 0 Å². The maximum Gasteiger partial charge on any atom is 0.330 e. The second-order valence-electron chi connectivity index (χ2n) is 7.06. The Morgan fingerprint density at radius 2 is 2.12 bits per heavy atom. The fourth-order valence-corrected chi connectivity index (χ4v) is 2.91. The molecule has 0 amide bonds. The molecule has 2 rings (SSSR count). The van der Waals surface area contributed by atoms with Gasteiger partial charge in [-0.3, -0.25) is 14.3 Å². The summed E-state index contributed by atoms with van der Waals surface area (Å²) in [6.45, 7) is 7.33. The van der Waals surface area contributed by atoms with E-state index in [1.54, 1.807) is 4.90 Å². The van der Waals surface area contributed by atoms with Crippen LogP contribution in [0.3, 0.4) is 0 Å². The number of unbranched alkanes of at least 4 members (excludes halogenated alkanes) is 1. The zero-order chi connectivity index (χ0) is 18.6. The minimum Gasteiger partial charge on any atom is -0.383 e. The Morgan fingerprint density at radius 1 is 1.44 bits per heavy atom. The van der Waals surface area contributed by atoms with Crippen LogP contribution in [-0.2, 0) is 6.54 Å². The Kier molecular flexibility index (Phi) is 6.64. The highest BCUT2D eigenvalue weighted by atomic mass is 32.1.